The first-order valence-corrected chi connectivity index (χ1v) is 19.3. The summed E-state index contributed by atoms with van der Waals surface area (Å²) in [7, 11) is 0. The highest BCUT2D eigenvalue weighted by Gasteiger charge is 2.92. The van der Waals surface area contributed by atoms with Crippen LogP contribution in [0.2, 0.25) is 0 Å². The number of aromatic nitrogens is 1. The molecule has 19 heteroatoms. The van der Waals surface area contributed by atoms with Gasteiger partial charge in [-0.2, -0.15) is 0 Å². The second kappa shape index (κ2) is 16.6. The molecule has 1 spiro atoms. The normalized spacial score (nSPS) is 37.2. The van der Waals surface area contributed by atoms with Crippen molar-refractivity contribution in [3.63, 3.8) is 0 Å². The number of rotatable bonds is 8. The number of esters is 8. The molecule has 1 saturated heterocycles. The second-order valence-corrected chi connectivity index (χ2v) is 16.1. The number of carbonyl (C=O) groups is 8. The number of fused-ring (bicyclic) bond motifs is 5. The maximum atomic E-state index is 14.5. The molecule has 0 unspecified atom stereocenters. The molecule has 60 heavy (non-hydrogen) atoms. The van der Waals surface area contributed by atoms with Crippen molar-refractivity contribution in [2.75, 3.05) is 13.2 Å². The molecule has 3 heterocycles. The first-order chi connectivity index (χ1) is 27.9. The van der Waals surface area contributed by atoms with Crippen molar-refractivity contribution < 1.29 is 86.1 Å². The van der Waals surface area contributed by atoms with E-state index >= 15 is 0 Å². The molecule has 4 aliphatic rings. The van der Waals surface area contributed by atoms with E-state index in [4.69, 9.17) is 42.6 Å². The largest absolute Gasteiger partial charge is 0.465 e. The molecule has 0 aromatic carbocycles. The minimum Gasteiger partial charge on any atom is -0.465 e. The Kier molecular flexibility index (Phi) is 12.6. The van der Waals surface area contributed by atoms with Crippen LogP contribution in [0, 0.1) is 17.3 Å². The van der Waals surface area contributed by atoms with E-state index in [1.54, 1.807) is 6.92 Å². The van der Waals surface area contributed by atoms with Gasteiger partial charge >= 0.3 is 47.8 Å². The average molecular weight is 846 g/mol. The van der Waals surface area contributed by atoms with Crippen LogP contribution >= 0.6 is 0 Å². The Morgan fingerprint density at radius 2 is 1.38 bits per heavy atom. The van der Waals surface area contributed by atoms with Crippen molar-refractivity contribution in [1.29, 1.82) is 0 Å². The average Bonchev–Trinajstić information content (AvgIpc) is 3.38. The number of cyclic esters (lactones) is 1. The lowest BCUT2D eigenvalue weighted by atomic mass is 9.45. The van der Waals surface area contributed by atoms with E-state index in [0.29, 0.717) is 0 Å². The van der Waals surface area contributed by atoms with Crippen LogP contribution in [0.5, 0.6) is 0 Å². The fourth-order valence-corrected chi connectivity index (χ4v) is 9.40. The fourth-order valence-electron chi connectivity index (χ4n) is 9.40. The first kappa shape index (κ1) is 45.7. The summed E-state index contributed by atoms with van der Waals surface area (Å²) in [5.74, 6) is -11.7. The van der Waals surface area contributed by atoms with Crippen molar-refractivity contribution in [2.45, 2.75) is 136 Å². The van der Waals surface area contributed by atoms with Gasteiger partial charge in [0.1, 0.15) is 42.0 Å². The summed E-state index contributed by atoms with van der Waals surface area (Å²) in [4.78, 5) is 113. The molecule has 5 rings (SSSR count). The molecule has 1 N–H and O–H groups in total. The summed E-state index contributed by atoms with van der Waals surface area (Å²) in [5, 5.41) is 13.5. The van der Waals surface area contributed by atoms with Gasteiger partial charge < -0.3 is 47.7 Å². The minimum atomic E-state index is -2.84. The lowest BCUT2D eigenvalue weighted by Gasteiger charge is -2.67. The molecule has 4 bridgehead atoms. The van der Waals surface area contributed by atoms with Gasteiger partial charge in [0.15, 0.2) is 30.0 Å². The molecular formula is C41H51NO18. The Morgan fingerprint density at radius 1 is 0.817 bits per heavy atom. The first-order valence-electron chi connectivity index (χ1n) is 19.3. The summed E-state index contributed by atoms with van der Waals surface area (Å²) in [6.07, 6.45) is -9.34. The monoisotopic (exact) mass is 845 g/mol. The zero-order valence-electron chi connectivity index (χ0n) is 35.3. The summed E-state index contributed by atoms with van der Waals surface area (Å²) in [5.41, 5.74) is -10.3. The van der Waals surface area contributed by atoms with E-state index in [0.717, 1.165) is 41.5 Å². The predicted molar refractivity (Wildman–Crippen MR) is 199 cm³/mol. The number of nitrogens with zero attached hydrogens (tertiary/aromatic N) is 1. The van der Waals surface area contributed by atoms with Crippen LogP contribution in [0.4, 0.5) is 0 Å². The molecule has 2 aliphatic heterocycles. The lowest BCUT2D eigenvalue weighted by Crippen LogP contribution is -2.89. The smallest absolute Gasteiger partial charge is 0.340 e. The van der Waals surface area contributed by atoms with Gasteiger partial charge in [-0.05, 0) is 39.8 Å². The summed E-state index contributed by atoms with van der Waals surface area (Å²) in [6.45, 7) is 11.6. The maximum Gasteiger partial charge on any atom is 0.340 e. The minimum absolute atomic E-state index is 0.0234. The number of hydrogen-bond acceptors (Lipinski definition) is 19. The summed E-state index contributed by atoms with van der Waals surface area (Å²) >= 11 is 0. The molecule has 19 nitrogen and oxygen atoms in total. The number of hydrogen-bond donors (Lipinski definition) is 1. The molecule has 1 aromatic heterocycles. The number of allylic oxidation sites excluding steroid dienone is 1. The van der Waals surface area contributed by atoms with Crippen LogP contribution in [0.1, 0.15) is 98.1 Å². The van der Waals surface area contributed by atoms with E-state index in [1.807, 2.05) is 0 Å². The third-order valence-corrected chi connectivity index (χ3v) is 12.1. The number of ether oxygens (including phenoxy) is 9. The predicted octanol–water partition coefficient (Wildman–Crippen LogP) is 1.98. The SMILES string of the molecule is C/C=C(\C)C(=O)O[C@H]1[C@H](OC(C)=O)[C@H]2OC(=O)[C@H](C)[C@@H](C)c3ncccc3C(=O)OC[C@]3(C)O[C@@]4([C@H](OC(C)=O)[C@H]3[C@@H](OC(C)=O)[C@@H](OC(C)=O)[C@]14COC(C)=O)[C@@]2(C)O. The quantitative estimate of drug-likeness (QED) is 0.223. The van der Waals surface area contributed by atoms with Gasteiger partial charge in [0, 0.05) is 52.3 Å². The van der Waals surface area contributed by atoms with Gasteiger partial charge in [-0.15, -0.1) is 0 Å². The van der Waals surface area contributed by atoms with Crippen molar-refractivity contribution in [3.8, 4) is 0 Å². The van der Waals surface area contributed by atoms with E-state index in [9.17, 15) is 43.5 Å². The highest BCUT2D eigenvalue weighted by molar-refractivity contribution is 5.91. The van der Waals surface area contributed by atoms with Crippen molar-refractivity contribution in [1.82, 2.24) is 4.98 Å². The third-order valence-electron chi connectivity index (χ3n) is 12.1. The number of aliphatic hydroxyl groups is 1. The van der Waals surface area contributed by atoms with Crippen molar-refractivity contribution in [3.05, 3.63) is 41.2 Å². The standard InChI is InChI=1S/C41H51NO18/c1-12-18(2)35(48)59-34-30(55-23(7)45)32-39(11,51)41-31(56-24(8)46)27(29(54-22(6)44)33(57-25(9)47)40(34,41)17-52-21(5)43)38(10,60-41)16-53-37(50)26-14-13-15-42-28(26)19(3)20(4)36(49)58-32/h12-15,19-20,27,29-34,51H,16-17H2,1-11H3/b18-12+/t19-,20-,27-,29-,30-,31-,32-,33-,34+,38+,39+,40-,41+/m1/s1. The van der Waals surface area contributed by atoms with E-state index < -0.39 is 138 Å². The van der Waals surface area contributed by atoms with Gasteiger partial charge in [0.2, 0.25) is 0 Å². The van der Waals surface area contributed by atoms with Crippen LogP contribution in [0.25, 0.3) is 0 Å². The van der Waals surface area contributed by atoms with Crippen LogP contribution in [0.3, 0.4) is 0 Å². The molecule has 0 radical (unpaired) electrons. The molecule has 13 atom stereocenters. The molecule has 2 saturated carbocycles. The molecule has 2 aliphatic carbocycles. The lowest BCUT2D eigenvalue weighted by molar-refractivity contribution is -0.386. The Balaban J connectivity index is 2.04. The van der Waals surface area contributed by atoms with Crippen LogP contribution in [-0.2, 0) is 76.2 Å². The van der Waals surface area contributed by atoms with Crippen LogP contribution in [-0.4, -0.2) is 124 Å². The number of carbonyl (C=O) groups excluding carboxylic acids is 8. The number of pyridine rings is 1. The van der Waals surface area contributed by atoms with Gasteiger partial charge in [-0.25, -0.2) is 9.59 Å². The van der Waals surface area contributed by atoms with Crippen LogP contribution in [0.15, 0.2) is 30.0 Å². The summed E-state index contributed by atoms with van der Waals surface area (Å²) in [6, 6.07) is 2.90. The molecular weight excluding hydrogens is 794 g/mol. The highest BCUT2D eigenvalue weighted by atomic mass is 16.7. The van der Waals surface area contributed by atoms with Crippen molar-refractivity contribution in [2.24, 2.45) is 17.3 Å². The van der Waals surface area contributed by atoms with Gasteiger partial charge in [-0.1, -0.05) is 19.9 Å². The van der Waals surface area contributed by atoms with Gasteiger partial charge in [0.25, 0.3) is 0 Å². The van der Waals surface area contributed by atoms with Crippen molar-refractivity contribution >= 4 is 47.8 Å². The molecule has 3 fully saturated rings. The van der Waals surface area contributed by atoms with E-state index in [-0.39, 0.29) is 16.8 Å². The Bertz CT molecular complexity index is 1990. The van der Waals surface area contributed by atoms with Gasteiger partial charge in [-0.3, -0.25) is 33.8 Å². The van der Waals surface area contributed by atoms with E-state index in [1.165, 1.54) is 52.1 Å². The fraction of sp³-hybridized carbons (Fsp3) is 0.634. The van der Waals surface area contributed by atoms with Crippen LogP contribution < -0.4 is 0 Å². The molecule has 1 aromatic rings. The molecule has 328 valence electrons. The Morgan fingerprint density at radius 3 is 1.95 bits per heavy atom. The molecule has 0 amide bonds. The Hall–Kier alpha value is -5.43. The Labute approximate surface area is 345 Å². The second-order valence-electron chi connectivity index (χ2n) is 16.1. The zero-order valence-corrected chi connectivity index (χ0v) is 35.3. The maximum absolute atomic E-state index is 14.5. The third kappa shape index (κ3) is 7.39. The zero-order chi connectivity index (χ0) is 44.9. The topological polar surface area (TPSA) is 253 Å². The van der Waals surface area contributed by atoms with Gasteiger partial charge in [0.05, 0.1) is 23.1 Å². The van der Waals surface area contributed by atoms with E-state index in [2.05, 4.69) is 4.98 Å². The summed E-state index contributed by atoms with van der Waals surface area (Å²) < 4.78 is 55.1. The highest BCUT2D eigenvalue weighted by Crippen LogP contribution is 2.70.